The number of hydrogen-bond donors (Lipinski definition) is 3. The van der Waals surface area contributed by atoms with Gasteiger partial charge in [0.2, 0.25) is 0 Å². The zero-order chi connectivity index (χ0) is 19.1. The summed E-state index contributed by atoms with van der Waals surface area (Å²) in [5.41, 5.74) is 8.68. The van der Waals surface area contributed by atoms with Crippen molar-refractivity contribution in [3.05, 3.63) is 41.5 Å². The Kier molecular flexibility index (Phi) is 7.21. The quantitative estimate of drug-likeness (QED) is 0.504. The summed E-state index contributed by atoms with van der Waals surface area (Å²) in [6.07, 6.45) is 4.24. The van der Waals surface area contributed by atoms with Gasteiger partial charge < -0.3 is 21.3 Å². The maximum atomic E-state index is 12.8. The van der Waals surface area contributed by atoms with Crippen LogP contribution in [0.5, 0.6) is 0 Å². The van der Waals surface area contributed by atoms with E-state index in [4.69, 9.17) is 5.73 Å². The van der Waals surface area contributed by atoms with Crippen molar-refractivity contribution in [2.45, 2.75) is 39.2 Å². The van der Waals surface area contributed by atoms with Crippen molar-refractivity contribution in [1.82, 2.24) is 10.6 Å². The highest BCUT2D eigenvalue weighted by Gasteiger charge is 2.29. The molecule has 0 atom stereocenters. The van der Waals surface area contributed by atoms with Gasteiger partial charge in [-0.15, -0.1) is 0 Å². The van der Waals surface area contributed by atoms with Crippen molar-refractivity contribution >= 4 is 22.4 Å². The average Bonchev–Trinajstić information content (AvgIpc) is 2.97. The molecule has 0 fully saturated rings. The van der Waals surface area contributed by atoms with Crippen LogP contribution >= 0.6 is 0 Å². The lowest BCUT2D eigenvalue weighted by Crippen LogP contribution is -2.27. The standard InChI is InChI=1S/C22H32N4O/c1-2-3-15-26-20-10-9-17(16-25-14-6-13-24-12-5-11-23)18-7-4-8-19(21(18)20)22(26)27/h4,7-10,24-25H,2-3,5-6,11-16,23H2,1H3. The number of unbranched alkanes of at least 4 members (excludes halogenated alkanes) is 1. The minimum absolute atomic E-state index is 0.151. The zero-order valence-electron chi connectivity index (χ0n) is 16.4. The van der Waals surface area contributed by atoms with Gasteiger partial charge in [0.1, 0.15) is 0 Å². The zero-order valence-corrected chi connectivity index (χ0v) is 16.4. The van der Waals surface area contributed by atoms with Gasteiger partial charge in [-0.05, 0) is 68.5 Å². The SMILES string of the molecule is CCCCN1C(=O)c2cccc3c(CNCCCNCCCN)ccc1c23. The van der Waals surface area contributed by atoms with Crippen molar-refractivity contribution < 1.29 is 4.79 Å². The summed E-state index contributed by atoms with van der Waals surface area (Å²) in [5.74, 6) is 0.151. The minimum atomic E-state index is 0.151. The van der Waals surface area contributed by atoms with Crippen molar-refractivity contribution in [3.63, 3.8) is 0 Å². The van der Waals surface area contributed by atoms with Crippen LogP contribution in [0.3, 0.4) is 0 Å². The number of nitrogens with zero attached hydrogens (tertiary/aromatic N) is 1. The molecule has 1 heterocycles. The summed E-state index contributed by atoms with van der Waals surface area (Å²) in [4.78, 5) is 14.7. The fourth-order valence-electron chi connectivity index (χ4n) is 3.71. The van der Waals surface area contributed by atoms with E-state index in [1.807, 2.05) is 17.0 Å². The molecule has 0 saturated carbocycles. The van der Waals surface area contributed by atoms with E-state index in [1.165, 1.54) is 10.9 Å². The highest BCUT2D eigenvalue weighted by molar-refractivity contribution is 6.25. The van der Waals surface area contributed by atoms with Gasteiger partial charge in [0, 0.05) is 24.0 Å². The Morgan fingerprint density at radius 1 is 1.00 bits per heavy atom. The Labute approximate surface area is 162 Å². The van der Waals surface area contributed by atoms with Crippen molar-refractivity contribution in [1.29, 1.82) is 0 Å². The lowest BCUT2D eigenvalue weighted by molar-refractivity contribution is 0.0993. The third-order valence-electron chi connectivity index (χ3n) is 5.19. The largest absolute Gasteiger partial charge is 0.330 e. The molecule has 146 valence electrons. The van der Waals surface area contributed by atoms with E-state index in [-0.39, 0.29) is 5.91 Å². The number of anilines is 1. The third kappa shape index (κ3) is 4.49. The highest BCUT2D eigenvalue weighted by Crippen LogP contribution is 2.38. The van der Waals surface area contributed by atoms with Crippen LogP contribution in [0.25, 0.3) is 10.8 Å². The first-order chi connectivity index (χ1) is 13.3. The summed E-state index contributed by atoms with van der Waals surface area (Å²) >= 11 is 0. The molecule has 0 saturated heterocycles. The molecular weight excluding hydrogens is 336 g/mol. The smallest absolute Gasteiger partial charge is 0.258 e. The van der Waals surface area contributed by atoms with Gasteiger partial charge in [-0.3, -0.25) is 4.79 Å². The molecule has 0 aromatic heterocycles. The molecule has 1 aliphatic heterocycles. The summed E-state index contributed by atoms with van der Waals surface area (Å²) < 4.78 is 0. The molecule has 3 rings (SSSR count). The average molecular weight is 369 g/mol. The van der Waals surface area contributed by atoms with E-state index in [0.717, 1.165) is 81.6 Å². The summed E-state index contributed by atoms with van der Waals surface area (Å²) in [7, 11) is 0. The summed E-state index contributed by atoms with van der Waals surface area (Å²) in [6, 6.07) is 10.4. The lowest BCUT2D eigenvalue weighted by Gasteiger charge is -2.17. The molecule has 1 aliphatic rings. The molecule has 5 heteroatoms. The second-order valence-electron chi connectivity index (χ2n) is 7.20. The van der Waals surface area contributed by atoms with Gasteiger partial charge in [-0.2, -0.15) is 0 Å². The van der Waals surface area contributed by atoms with Gasteiger partial charge in [-0.25, -0.2) is 0 Å². The maximum absolute atomic E-state index is 12.8. The topological polar surface area (TPSA) is 70.4 Å². The fourth-order valence-corrected chi connectivity index (χ4v) is 3.71. The number of hydrogen-bond acceptors (Lipinski definition) is 4. The van der Waals surface area contributed by atoms with Crippen molar-refractivity contribution in [3.8, 4) is 0 Å². The monoisotopic (exact) mass is 368 g/mol. The van der Waals surface area contributed by atoms with E-state index >= 15 is 0 Å². The molecule has 0 radical (unpaired) electrons. The second-order valence-corrected chi connectivity index (χ2v) is 7.20. The van der Waals surface area contributed by atoms with E-state index in [2.05, 4.69) is 35.8 Å². The van der Waals surface area contributed by atoms with E-state index in [0.29, 0.717) is 0 Å². The number of nitrogens with one attached hydrogen (secondary N) is 2. The molecule has 2 aromatic carbocycles. The summed E-state index contributed by atoms with van der Waals surface area (Å²) in [6.45, 7) is 7.51. The van der Waals surface area contributed by atoms with Crippen LogP contribution in [0.1, 0.15) is 48.5 Å². The van der Waals surface area contributed by atoms with Crippen LogP contribution in [0.2, 0.25) is 0 Å². The molecule has 2 aromatic rings. The van der Waals surface area contributed by atoms with Crippen LogP contribution in [0, 0.1) is 0 Å². The second kappa shape index (κ2) is 9.83. The third-order valence-corrected chi connectivity index (χ3v) is 5.19. The van der Waals surface area contributed by atoms with Crippen molar-refractivity contribution in [2.24, 2.45) is 5.73 Å². The number of carbonyl (C=O) groups is 1. The van der Waals surface area contributed by atoms with Gasteiger partial charge >= 0.3 is 0 Å². The lowest BCUT2D eigenvalue weighted by atomic mass is 10.0. The van der Waals surface area contributed by atoms with Crippen LogP contribution < -0.4 is 21.3 Å². The first-order valence-electron chi connectivity index (χ1n) is 10.3. The number of benzene rings is 2. The highest BCUT2D eigenvalue weighted by atomic mass is 16.2. The molecule has 0 aliphatic carbocycles. The van der Waals surface area contributed by atoms with Crippen LogP contribution in [-0.4, -0.2) is 38.6 Å². The first-order valence-corrected chi connectivity index (χ1v) is 10.3. The Bertz CT molecular complexity index is 774. The van der Waals surface area contributed by atoms with Crippen LogP contribution in [0.15, 0.2) is 30.3 Å². The van der Waals surface area contributed by atoms with Crippen LogP contribution in [0.4, 0.5) is 5.69 Å². The molecule has 27 heavy (non-hydrogen) atoms. The Hall–Kier alpha value is -1.95. The molecule has 0 spiro atoms. The summed E-state index contributed by atoms with van der Waals surface area (Å²) in [5, 5.41) is 9.26. The number of amides is 1. The maximum Gasteiger partial charge on any atom is 0.258 e. The van der Waals surface area contributed by atoms with E-state index < -0.39 is 0 Å². The molecule has 4 N–H and O–H groups in total. The van der Waals surface area contributed by atoms with Gasteiger partial charge in [0.15, 0.2) is 0 Å². The van der Waals surface area contributed by atoms with Crippen LogP contribution in [-0.2, 0) is 6.54 Å². The molecule has 1 amide bonds. The van der Waals surface area contributed by atoms with Crippen molar-refractivity contribution in [2.75, 3.05) is 37.6 Å². The van der Waals surface area contributed by atoms with Gasteiger partial charge in [-0.1, -0.05) is 31.5 Å². The molecule has 5 nitrogen and oxygen atoms in total. The first kappa shape index (κ1) is 19.8. The van der Waals surface area contributed by atoms with E-state index in [9.17, 15) is 4.79 Å². The van der Waals surface area contributed by atoms with Gasteiger partial charge in [0.05, 0.1) is 5.69 Å². The fraction of sp³-hybridized carbons (Fsp3) is 0.500. The normalized spacial score (nSPS) is 13.1. The number of carbonyl (C=O) groups excluding carboxylic acids is 1. The molecule has 0 bridgehead atoms. The number of rotatable bonds is 12. The molecular formula is C22H32N4O. The minimum Gasteiger partial charge on any atom is -0.330 e. The Morgan fingerprint density at radius 3 is 2.63 bits per heavy atom. The number of nitrogens with two attached hydrogens (primary N) is 1. The predicted molar refractivity (Wildman–Crippen MR) is 113 cm³/mol. The Morgan fingerprint density at radius 2 is 1.81 bits per heavy atom. The predicted octanol–water partition coefficient (Wildman–Crippen LogP) is 3.02. The van der Waals surface area contributed by atoms with Gasteiger partial charge in [0.25, 0.3) is 5.91 Å². The van der Waals surface area contributed by atoms with E-state index in [1.54, 1.807) is 0 Å². The molecule has 0 unspecified atom stereocenters. The Balaban J connectivity index is 1.64.